The lowest BCUT2D eigenvalue weighted by molar-refractivity contribution is -0.126. The number of carbonyl (C=O) groups is 1. The molecule has 1 aromatic rings. The fraction of sp³-hybridized carbons (Fsp3) is 0.692. The maximum Gasteiger partial charge on any atom is 0.223 e. The predicted octanol–water partition coefficient (Wildman–Crippen LogP) is 1.61. The summed E-state index contributed by atoms with van der Waals surface area (Å²) < 4.78 is 1.97. The monoisotopic (exact) mass is 322 g/mol. The van der Waals surface area contributed by atoms with E-state index in [2.05, 4.69) is 10.3 Å². The highest BCUT2D eigenvalue weighted by Crippen LogP contribution is 2.30. The zero-order chi connectivity index (χ0) is 13.0. The van der Waals surface area contributed by atoms with Gasteiger partial charge < -0.3 is 15.6 Å². The molecule has 1 aliphatic rings. The molecule has 1 fully saturated rings. The van der Waals surface area contributed by atoms with Crippen molar-refractivity contribution in [1.82, 2.24) is 14.9 Å². The second-order valence-electron chi connectivity index (χ2n) is 5.20. The molecule has 0 radical (unpaired) electrons. The minimum atomic E-state index is 0. The number of amides is 1. The van der Waals surface area contributed by atoms with Gasteiger partial charge in [0.2, 0.25) is 5.91 Å². The Morgan fingerprint density at radius 2 is 2.25 bits per heavy atom. The number of nitrogens with one attached hydrogen (secondary N) is 1. The Morgan fingerprint density at radius 3 is 2.85 bits per heavy atom. The molecule has 7 heteroatoms. The van der Waals surface area contributed by atoms with E-state index in [1.54, 1.807) is 12.5 Å². The third-order valence-corrected chi connectivity index (χ3v) is 3.73. The summed E-state index contributed by atoms with van der Waals surface area (Å²) in [5.41, 5.74) is 5.71. The minimum absolute atomic E-state index is 0. The van der Waals surface area contributed by atoms with Gasteiger partial charge in [-0.3, -0.25) is 4.79 Å². The van der Waals surface area contributed by atoms with Crippen molar-refractivity contribution in [2.24, 2.45) is 17.6 Å². The largest absolute Gasteiger partial charge is 0.352 e. The number of halogens is 2. The SMILES string of the molecule is CC(Cn1ccnc1)NC(=O)[C@@H]1CCC[C@@H]1CN.Cl.Cl. The van der Waals surface area contributed by atoms with Crippen molar-refractivity contribution < 1.29 is 4.79 Å². The summed E-state index contributed by atoms with van der Waals surface area (Å²) in [5, 5.41) is 3.08. The first-order chi connectivity index (χ1) is 8.70. The highest BCUT2D eigenvalue weighted by atomic mass is 35.5. The summed E-state index contributed by atoms with van der Waals surface area (Å²) in [6, 6.07) is 0.116. The normalized spacial score (nSPS) is 22.5. The van der Waals surface area contributed by atoms with Gasteiger partial charge in [0.1, 0.15) is 0 Å². The molecule has 1 unspecified atom stereocenters. The van der Waals surface area contributed by atoms with Crippen LogP contribution in [0, 0.1) is 11.8 Å². The van der Waals surface area contributed by atoms with Crippen LogP contribution in [-0.2, 0) is 11.3 Å². The molecule has 0 saturated heterocycles. The number of nitrogens with zero attached hydrogens (tertiary/aromatic N) is 2. The van der Waals surface area contributed by atoms with Crippen molar-refractivity contribution in [3.8, 4) is 0 Å². The van der Waals surface area contributed by atoms with Crippen LogP contribution in [0.1, 0.15) is 26.2 Å². The minimum Gasteiger partial charge on any atom is -0.352 e. The van der Waals surface area contributed by atoms with E-state index in [1.165, 1.54) is 0 Å². The van der Waals surface area contributed by atoms with Crippen molar-refractivity contribution in [3.63, 3.8) is 0 Å². The highest BCUT2D eigenvalue weighted by Gasteiger charge is 2.32. The van der Waals surface area contributed by atoms with Crippen molar-refractivity contribution in [3.05, 3.63) is 18.7 Å². The van der Waals surface area contributed by atoms with Gasteiger partial charge in [-0.25, -0.2) is 4.98 Å². The quantitative estimate of drug-likeness (QED) is 0.864. The Morgan fingerprint density at radius 1 is 1.50 bits per heavy atom. The molecule has 1 aliphatic carbocycles. The summed E-state index contributed by atoms with van der Waals surface area (Å²) in [5.74, 6) is 0.640. The summed E-state index contributed by atoms with van der Waals surface area (Å²) in [6.07, 6.45) is 8.60. The van der Waals surface area contributed by atoms with Crippen LogP contribution < -0.4 is 11.1 Å². The molecule has 0 bridgehead atoms. The number of hydrogen-bond donors (Lipinski definition) is 2. The predicted molar refractivity (Wildman–Crippen MR) is 84.2 cm³/mol. The Hall–Kier alpha value is -0.780. The van der Waals surface area contributed by atoms with Gasteiger partial charge >= 0.3 is 0 Å². The topological polar surface area (TPSA) is 72.9 Å². The Balaban J connectivity index is 0.00000180. The number of imidazole rings is 1. The van der Waals surface area contributed by atoms with E-state index in [0.717, 1.165) is 25.8 Å². The van der Waals surface area contributed by atoms with Crippen LogP contribution >= 0.6 is 24.8 Å². The molecule has 0 aliphatic heterocycles. The van der Waals surface area contributed by atoms with E-state index >= 15 is 0 Å². The third-order valence-electron chi connectivity index (χ3n) is 3.73. The number of rotatable bonds is 5. The van der Waals surface area contributed by atoms with Gasteiger partial charge in [0, 0.05) is 30.9 Å². The number of hydrogen-bond acceptors (Lipinski definition) is 3. The first kappa shape index (κ1) is 19.2. The van der Waals surface area contributed by atoms with Gasteiger partial charge in [-0.15, -0.1) is 24.8 Å². The smallest absolute Gasteiger partial charge is 0.223 e. The van der Waals surface area contributed by atoms with Gasteiger partial charge in [0.05, 0.1) is 6.33 Å². The molecule has 2 rings (SSSR count). The summed E-state index contributed by atoms with van der Waals surface area (Å²) >= 11 is 0. The van der Waals surface area contributed by atoms with Crippen molar-refractivity contribution in [1.29, 1.82) is 0 Å². The van der Waals surface area contributed by atoms with Crippen molar-refractivity contribution in [2.75, 3.05) is 6.54 Å². The van der Waals surface area contributed by atoms with Crippen LogP contribution in [0.25, 0.3) is 0 Å². The van der Waals surface area contributed by atoms with Gasteiger partial charge in [-0.1, -0.05) is 6.42 Å². The maximum atomic E-state index is 12.2. The molecule has 1 amide bonds. The summed E-state index contributed by atoms with van der Waals surface area (Å²) in [6.45, 7) is 3.39. The molecule has 3 N–H and O–H groups in total. The molecule has 1 aromatic heterocycles. The Labute approximate surface area is 132 Å². The van der Waals surface area contributed by atoms with E-state index in [0.29, 0.717) is 12.5 Å². The first-order valence-electron chi connectivity index (χ1n) is 6.67. The second kappa shape index (κ2) is 9.21. The van der Waals surface area contributed by atoms with Crippen LogP contribution in [0.3, 0.4) is 0 Å². The molecule has 1 heterocycles. The number of carbonyl (C=O) groups excluding carboxylic acids is 1. The summed E-state index contributed by atoms with van der Waals surface area (Å²) in [7, 11) is 0. The van der Waals surface area contributed by atoms with Crippen LogP contribution in [0.15, 0.2) is 18.7 Å². The third kappa shape index (κ3) is 4.96. The molecule has 1 saturated carbocycles. The van der Waals surface area contributed by atoms with Crippen molar-refractivity contribution in [2.45, 2.75) is 38.8 Å². The van der Waals surface area contributed by atoms with E-state index in [1.807, 2.05) is 17.7 Å². The fourth-order valence-corrected chi connectivity index (χ4v) is 2.77. The molecule has 0 aromatic carbocycles. The average Bonchev–Trinajstić information content (AvgIpc) is 2.97. The van der Waals surface area contributed by atoms with Crippen LogP contribution in [0.4, 0.5) is 0 Å². The van der Waals surface area contributed by atoms with Gasteiger partial charge in [-0.2, -0.15) is 0 Å². The lowest BCUT2D eigenvalue weighted by Gasteiger charge is -2.21. The van der Waals surface area contributed by atoms with E-state index < -0.39 is 0 Å². The van der Waals surface area contributed by atoms with Crippen molar-refractivity contribution >= 4 is 30.7 Å². The number of aromatic nitrogens is 2. The maximum absolute atomic E-state index is 12.2. The van der Waals surface area contributed by atoms with Crippen LogP contribution in [0.2, 0.25) is 0 Å². The Kier molecular flexibility index (Phi) is 8.85. The van der Waals surface area contributed by atoms with Crippen LogP contribution in [0.5, 0.6) is 0 Å². The second-order valence-corrected chi connectivity index (χ2v) is 5.20. The first-order valence-corrected chi connectivity index (χ1v) is 6.67. The average molecular weight is 323 g/mol. The molecule has 3 atom stereocenters. The zero-order valence-corrected chi connectivity index (χ0v) is 13.3. The highest BCUT2D eigenvalue weighted by molar-refractivity contribution is 5.85. The van der Waals surface area contributed by atoms with E-state index in [4.69, 9.17) is 5.73 Å². The van der Waals surface area contributed by atoms with Gasteiger partial charge in [-0.05, 0) is 32.2 Å². The standard InChI is InChI=1S/C13H22N4O.2ClH/c1-10(8-17-6-5-15-9-17)16-13(18)12-4-2-3-11(12)7-14;;/h5-6,9-12H,2-4,7-8,14H2,1H3,(H,16,18);2*1H/t10?,11-,12-;;/m1../s1. The van der Waals surface area contributed by atoms with E-state index in [9.17, 15) is 4.79 Å². The lowest BCUT2D eigenvalue weighted by Crippen LogP contribution is -2.41. The lowest BCUT2D eigenvalue weighted by atomic mass is 9.95. The van der Waals surface area contributed by atoms with Gasteiger partial charge in [0.15, 0.2) is 0 Å². The molecule has 116 valence electrons. The molecule has 5 nitrogen and oxygen atoms in total. The fourth-order valence-electron chi connectivity index (χ4n) is 2.77. The molecular weight excluding hydrogens is 299 g/mol. The van der Waals surface area contributed by atoms with Gasteiger partial charge in [0.25, 0.3) is 0 Å². The zero-order valence-electron chi connectivity index (χ0n) is 11.7. The molecular formula is C13H24Cl2N4O. The Bertz CT molecular complexity index is 386. The molecule has 20 heavy (non-hydrogen) atoms. The number of nitrogens with two attached hydrogens (primary N) is 1. The summed E-state index contributed by atoms with van der Waals surface area (Å²) in [4.78, 5) is 16.2. The molecule has 0 spiro atoms. The van der Waals surface area contributed by atoms with E-state index in [-0.39, 0.29) is 42.7 Å². The van der Waals surface area contributed by atoms with Crippen LogP contribution in [-0.4, -0.2) is 28.0 Å².